The largest absolute Gasteiger partial charge is 0.357 e. The lowest BCUT2D eigenvalue weighted by atomic mass is 10.0. The average molecular weight is 435 g/mol. The van der Waals surface area contributed by atoms with Gasteiger partial charge in [0.05, 0.1) is 6.04 Å². The van der Waals surface area contributed by atoms with Gasteiger partial charge in [0.25, 0.3) is 5.91 Å². The molecule has 2 unspecified atom stereocenters. The Labute approximate surface area is 190 Å². The Bertz CT molecular complexity index is 893. The van der Waals surface area contributed by atoms with Crippen LogP contribution in [0.25, 0.3) is 0 Å². The minimum Gasteiger partial charge on any atom is -0.357 e. The lowest BCUT2D eigenvalue weighted by molar-refractivity contribution is -0.125. The summed E-state index contributed by atoms with van der Waals surface area (Å²) in [7, 11) is 0. The summed E-state index contributed by atoms with van der Waals surface area (Å²) in [5.41, 5.74) is 1.88. The van der Waals surface area contributed by atoms with Crippen LogP contribution in [0.1, 0.15) is 54.2 Å². The van der Waals surface area contributed by atoms with E-state index in [2.05, 4.69) is 39.5 Å². The maximum Gasteiger partial charge on any atom is 0.270 e. The maximum atomic E-state index is 12.8. The molecule has 1 aromatic carbocycles. The Morgan fingerprint density at radius 2 is 1.69 bits per heavy atom. The lowest BCUT2D eigenvalue weighted by Gasteiger charge is -2.25. The summed E-state index contributed by atoms with van der Waals surface area (Å²) in [6.45, 7) is 4.75. The quantitative estimate of drug-likeness (QED) is 0.701. The van der Waals surface area contributed by atoms with Gasteiger partial charge < -0.3 is 20.1 Å². The van der Waals surface area contributed by atoms with Crippen LogP contribution in [0.2, 0.25) is 0 Å². The number of nitrogens with one attached hydrogen (secondary N) is 2. The molecule has 1 aliphatic carbocycles. The molecule has 170 valence electrons. The zero-order chi connectivity index (χ0) is 21.9. The van der Waals surface area contributed by atoms with Crippen LogP contribution in [-0.4, -0.2) is 59.3 Å². The van der Waals surface area contributed by atoms with Crippen molar-refractivity contribution in [2.45, 2.75) is 38.1 Å². The fraction of sp³-hybridized carbons (Fsp3) is 0.538. The normalized spacial score (nSPS) is 24.6. The molecule has 3 heterocycles. The number of likely N-dealkylation sites (tertiary alicyclic amines) is 2. The van der Waals surface area contributed by atoms with E-state index in [1.807, 2.05) is 23.1 Å². The van der Waals surface area contributed by atoms with Crippen molar-refractivity contribution in [3.63, 3.8) is 0 Å². The molecule has 3 fully saturated rings. The lowest BCUT2D eigenvalue weighted by Crippen LogP contribution is -2.36. The molecule has 3 aliphatic rings. The number of carbonyl (C=O) groups excluding carboxylic acids is 2. The first-order valence-electron chi connectivity index (χ1n) is 12.2. The van der Waals surface area contributed by atoms with Crippen molar-refractivity contribution in [3.05, 3.63) is 59.9 Å². The highest BCUT2D eigenvalue weighted by Crippen LogP contribution is 2.33. The van der Waals surface area contributed by atoms with Crippen molar-refractivity contribution in [2.75, 3.05) is 32.7 Å². The molecule has 0 radical (unpaired) electrons. The van der Waals surface area contributed by atoms with Crippen LogP contribution in [-0.2, 0) is 4.79 Å². The molecule has 1 aromatic heterocycles. The van der Waals surface area contributed by atoms with E-state index >= 15 is 0 Å². The topological polar surface area (TPSA) is 68.4 Å². The minimum absolute atomic E-state index is 0.0655. The third-order valence-corrected chi connectivity index (χ3v) is 7.66. The van der Waals surface area contributed by atoms with Crippen molar-refractivity contribution in [2.24, 2.45) is 17.8 Å². The van der Waals surface area contributed by atoms with E-state index in [1.54, 1.807) is 6.20 Å². The van der Waals surface area contributed by atoms with Crippen molar-refractivity contribution in [1.82, 2.24) is 20.1 Å². The molecule has 5 rings (SSSR count). The van der Waals surface area contributed by atoms with Gasteiger partial charge in [0.1, 0.15) is 5.69 Å². The van der Waals surface area contributed by atoms with Gasteiger partial charge in [0.15, 0.2) is 0 Å². The Morgan fingerprint density at radius 1 is 0.969 bits per heavy atom. The Morgan fingerprint density at radius 3 is 2.34 bits per heavy atom. The number of aromatic amines is 1. The molecule has 3 atom stereocenters. The number of fused-ring (bicyclic) bond motifs is 1. The van der Waals surface area contributed by atoms with Gasteiger partial charge in [-0.2, -0.15) is 0 Å². The Balaban J connectivity index is 1.15. The van der Waals surface area contributed by atoms with Crippen LogP contribution < -0.4 is 5.32 Å². The Kier molecular flexibility index (Phi) is 6.30. The highest BCUT2D eigenvalue weighted by Gasteiger charge is 2.41. The molecule has 6 heteroatoms. The maximum absolute atomic E-state index is 12.8. The number of hydrogen-bond donors (Lipinski definition) is 2. The van der Waals surface area contributed by atoms with Crippen LogP contribution in [0.5, 0.6) is 0 Å². The van der Waals surface area contributed by atoms with Gasteiger partial charge in [-0.1, -0.05) is 43.2 Å². The predicted octanol–water partition coefficient (Wildman–Crippen LogP) is 3.46. The number of hydrogen-bond acceptors (Lipinski definition) is 3. The molecule has 2 aromatic rings. The van der Waals surface area contributed by atoms with Crippen molar-refractivity contribution < 1.29 is 9.59 Å². The van der Waals surface area contributed by atoms with Gasteiger partial charge >= 0.3 is 0 Å². The second-order valence-corrected chi connectivity index (χ2v) is 9.82. The van der Waals surface area contributed by atoms with Gasteiger partial charge in [0, 0.05) is 44.8 Å². The summed E-state index contributed by atoms with van der Waals surface area (Å²) in [5, 5.41) is 3.37. The molecule has 2 saturated heterocycles. The second kappa shape index (κ2) is 9.49. The van der Waals surface area contributed by atoms with Crippen molar-refractivity contribution in [1.29, 1.82) is 0 Å². The molecular weight excluding hydrogens is 400 g/mol. The molecule has 1 saturated carbocycles. The molecule has 0 bridgehead atoms. The van der Waals surface area contributed by atoms with Gasteiger partial charge in [-0.05, 0) is 48.8 Å². The summed E-state index contributed by atoms with van der Waals surface area (Å²) >= 11 is 0. The van der Waals surface area contributed by atoms with Crippen molar-refractivity contribution >= 4 is 11.8 Å². The average Bonchev–Trinajstić information content (AvgIpc) is 3.60. The van der Waals surface area contributed by atoms with E-state index in [9.17, 15) is 9.59 Å². The van der Waals surface area contributed by atoms with Gasteiger partial charge in [-0.15, -0.1) is 0 Å². The number of carbonyl (C=O) groups is 2. The molecule has 0 spiro atoms. The number of nitrogens with zero attached hydrogens (tertiary/aromatic N) is 2. The molecule has 2 aliphatic heterocycles. The Hall–Kier alpha value is -2.60. The highest BCUT2D eigenvalue weighted by molar-refractivity contribution is 5.92. The fourth-order valence-electron chi connectivity index (χ4n) is 5.87. The van der Waals surface area contributed by atoms with Crippen LogP contribution >= 0.6 is 0 Å². The third kappa shape index (κ3) is 4.60. The van der Waals surface area contributed by atoms with E-state index in [4.69, 9.17) is 0 Å². The third-order valence-electron chi connectivity index (χ3n) is 7.66. The molecule has 32 heavy (non-hydrogen) atoms. The number of aromatic nitrogens is 1. The number of amides is 2. The van der Waals surface area contributed by atoms with Crippen LogP contribution in [0.15, 0.2) is 48.7 Å². The predicted molar refractivity (Wildman–Crippen MR) is 124 cm³/mol. The van der Waals surface area contributed by atoms with Crippen LogP contribution in [0, 0.1) is 17.8 Å². The summed E-state index contributed by atoms with van der Waals surface area (Å²) in [6.07, 6.45) is 7.14. The molecular formula is C26H34N4O2. The van der Waals surface area contributed by atoms with E-state index in [0.29, 0.717) is 17.5 Å². The van der Waals surface area contributed by atoms with Gasteiger partial charge in [0.2, 0.25) is 5.91 Å². The minimum atomic E-state index is 0.0655. The first-order chi connectivity index (χ1) is 15.7. The van der Waals surface area contributed by atoms with Gasteiger partial charge in [-0.3, -0.25) is 9.59 Å². The summed E-state index contributed by atoms with van der Waals surface area (Å²) in [5.74, 6) is 1.65. The van der Waals surface area contributed by atoms with Crippen LogP contribution in [0.4, 0.5) is 0 Å². The fourth-order valence-corrected chi connectivity index (χ4v) is 5.87. The first kappa shape index (κ1) is 21.3. The number of benzene rings is 1. The van der Waals surface area contributed by atoms with E-state index in [1.165, 1.54) is 18.4 Å². The second-order valence-electron chi connectivity index (χ2n) is 9.82. The first-order valence-corrected chi connectivity index (χ1v) is 12.2. The van der Waals surface area contributed by atoms with E-state index < -0.39 is 0 Å². The van der Waals surface area contributed by atoms with Crippen LogP contribution in [0.3, 0.4) is 0 Å². The smallest absolute Gasteiger partial charge is 0.270 e. The van der Waals surface area contributed by atoms with Crippen molar-refractivity contribution in [3.8, 4) is 0 Å². The monoisotopic (exact) mass is 434 g/mol. The summed E-state index contributed by atoms with van der Waals surface area (Å²) in [4.78, 5) is 33.0. The number of H-pyrrole nitrogens is 1. The van der Waals surface area contributed by atoms with E-state index in [-0.39, 0.29) is 23.8 Å². The molecule has 2 N–H and O–H groups in total. The summed E-state index contributed by atoms with van der Waals surface area (Å²) in [6, 6.07) is 14.2. The zero-order valence-electron chi connectivity index (χ0n) is 18.7. The summed E-state index contributed by atoms with van der Waals surface area (Å²) < 4.78 is 0. The molecule has 6 nitrogen and oxygen atoms in total. The SMILES string of the molecule is O=C(N[C@@H](CCN1CC2CN(C(=O)c3ccc[nH]3)CC2C1)c1ccccc1)C1CCCC1. The molecule has 2 amide bonds. The van der Waals surface area contributed by atoms with E-state index in [0.717, 1.165) is 52.0 Å². The number of rotatable bonds is 7. The zero-order valence-corrected chi connectivity index (χ0v) is 18.7. The highest BCUT2D eigenvalue weighted by atomic mass is 16.2. The standard InChI is InChI=1S/C26H34N4O2/c31-25(20-9-4-5-10-20)28-23(19-7-2-1-3-8-19)12-14-29-15-21-17-30(18-22(21)16-29)26(32)24-11-6-13-27-24/h1-3,6-8,11,13,20-23,27H,4-5,9-10,12,14-18H2,(H,28,31)/t21?,22?,23-/m0/s1. The van der Waals surface area contributed by atoms with Gasteiger partial charge in [-0.25, -0.2) is 0 Å².